The zero-order valence-corrected chi connectivity index (χ0v) is 15.3. The van der Waals surface area contributed by atoms with Crippen molar-refractivity contribution in [3.8, 4) is 0 Å². The minimum absolute atomic E-state index is 0.278. The summed E-state index contributed by atoms with van der Waals surface area (Å²) in [5.74, 6) is -0.763. The van der Waals surface area contributed by atoms with Crippen LogP contribution in [0.1, 0.15) is 15.9 Å². The average Bonchev–Trinajstić information content (AvgIpc) is 2.84. The lowest BCUT2D eigenvalue weighted by molar-refractivity contribution is -0.123. The molecule has 0 radical (unpaired) electrons. The van der Waals surface area contributed by atoms with E-state index in [1.165, 1.54) is 0 Å². The Morgan fingerprint density at radius 2 is 2.04 bits per heavy atom. The molecule has 0 unspecified atom stereocenters. The van der Waals surface area contributed by atoms with E-state index in [-0.39, 0.29) is 10.2 Å². The summed E-state index contributed by atoms with van der Waals surface area (Å²) < 4.78 is 1.14. The summed E-state index contributed by atoms with van der Waals surface area (Å²) in [6, 6.07) is 10.4. The monoisotopic (exact) mass is 419 g/mol. The standard InChI is InChI=1S/C16H10BrN3O2S2/c17-12-5-3-11(4-6-12)14(21)19-20-15(22)13(24-16(20)23)8-10-2-1-7-18-9-10/h1-9H,(H,19,21). The molecule has 1 N–H and O–H groups in total. The minimum atomic E-state index is -0.401. The maximum Gasteiger partial charge on any atom is 0.285 e. The third-order valence-corrected chi connectivity index (χ3v) is 4.93. The van der Waals surface area contributed by atoms with Crippen LogP contribution >= 0.6 is 39.9 Å². The normalized spacial score (nSPS) is 15.9. The van der Waals surface area contributed by atoms with Crippen molar-refractivity contribution in [2.75, 3.05) is 0 Å². The van der Waals surface area contributed by atoms with Crippen molar-refractivity contribution < 1.29 is 9.59 Å². The van der Waals surface area contributed by atoms with Gasteiger partial charge in [0, 0.05) is 22.4 Å². The van der Waals surface area contributed by atoms with Gasteiger partial charge >= 0.3 is 0 Å². The number of benzene rings is 1. The first-order chi connectivity index (χ1) is 11.5. The van der Waals surface area contributed by atoms with E-state index in [1.54, 1.807) is 48.8 Å². The molecule has 1 aromatic carbocycles. The number of pyridine rings is 1. The number of hydrogen-bond acceptors (Lipinski definition) is 5. The van der Waals surface area contributed by atoms with E-state index in [9.17, 15) is 9.59 Å². The van der Waals surface area contributed by atoms with Crippen LogP contribution in [0.3, 0.4) is 0 Å². The SMILES string of the molecule is O=C(NN1C(=O)C(=Cc2cccnc2)SC1=S)c1ccc(Br)cc1. The Balaban J connectivity index is 1.76. The Morgan fingerprint density at radius 3 is 2.71 bits per heavy atom. The Bertz CT molecular complexity index is 838. The number of carbonyl (C=O) groups is 2. The molecule has 2 aromatic rings. The smallest absolute Gasteiger partial charge is 0.267 e. The number of hydrogen-bond donors (Lipinski definition) is 1. The first kappa shape index (κ1) is 16.8. The molecule has 0 spiro atoms. The fraction of sp³-hybridized carbons (Fsp3) is 0. The van der Waals surface area contributed by atoms with Crippen LogP contribution in [-0.2, 0) is 4.79 Å². The summed E-state index contributed by atoms with van der Waals surface area (Å²) in [4.78, 5) is 29.1. The lowest BCUT2D eigenvalue weighted by atomic mass is 10.2. The predicted octanol–water partition coefficient (Wildman–Crippen LogP) is 3.39. The second-order valence-electron chi connectivity index (χ2n) is 4.75. The molecule has 0 saturated carbocycles. The van der Waals surface area contributed by atoms with Crippen molar-refractivity contribution in [1.29, 1.82) is 0 Å². The number of thiocarbonyl (C=S) groups is 1. The third-order valence-electron chi connectivity index (χ3n) is 3.10. The highest BCUT2D eigenvalue weighted by Gasteiger charge is 2.33. The number of nitrogens with zero attached hydrogens (tertiary/aromatic N) is 2. The van der Waals surface area contributed by atoms with Crippen LogP contribution in [-0.4, -0.2) is 26.1 Å². The molecule has 2 amide bonds. The van der Waals surface area contributed by atoms with E-state index >= 15 is 0 Å². The molecule has 120 valence electrons. The summed E-state index contributed by atoms with van der Waals surface area (Å²) in [5.41, 5.74) is 3.76. The number of rotatable bonds is 3. The average molecular weight is 420 g/mol. The third kappa shape index (κ3) is 3.72. The largest absolute Gasteiger partial charge is 0.285 e. The molecule has 5 nitrogen and oxygen atoms in total. The van der Waals surface area contributed by atoms with Crippen molar-refractivity contribution in [3.05, 3.63) is 69.3 Å². The highest BCUT2D eigenvalue weighted by Crippen LogP contribution is 2.31. The van der Waals surface area contributed by atoms with Crippen LogP contribution in [0.5, 0.6) is 0 Å². The van der Waals surface area contributed by atoms with E-state index < -0.39 is 5.91 Å². The van der Waals surface area contributed by atoms with Crippen molar-refractivity contribution >= 4 is 62.1 Å². The van der Waals surface area contributed by atoms with Gasteiger partial charge in [0.2, 0.25) is 0 Å². The van der Waals surface area contributed by atoms with Gasteiger partial charge in [0.05, 0.1) is 4.91 Å². The zero-order valence-electron chi connectivity index (χ0n) is 12.1. The van der Waals surface area contributed by atoms with Crippen LogP contribution in [0, 0.1) is 0 Å². The first-order valence-corrected chi connectivity index (χ1v) is 8.81. The van der Waals surface area contributed by atoms with Gasteiger partial charge in [0.1, 0.15) is 0 Å². The predicted molar refractivity (Wildman–Crippen MR) is 101 cm³/mol. The van der Waals surface area contributed by atoms with Gasteiger partial charge < -0.3 is 0 Å². The molecule has 24 heavy (non-hydrogen) atoms. The zero-order chi connectivity index (χ0) is 17.1. The molecular formula is C16H10BrN3O2S2. The second kappa shape index (κ2) is 7.25. The number of nitrogens with one attached hydrogen (secondary N) is 1. The number of thioether (sulfide) groups is 1. The summed E-state index contributed by atoms with van der Waals surface area (Å²) in [6.45, 7) is 0. The van der Waals surface area contributed by atoms with Crippen LogP contribution in [0.2, 0.25) is 0 Å². The lowest BCUT2D eigenvalue weighted by Gasteiger charge is -2.15. The van der Waals surface area contributed by atoms with Gasteiger partial charge in [-0.2, -0.15) is 5.01 Å². The summed E-state index contributed by atoms with van der Waals surface area (Å²) >= 11 is 9.63. The Labute approximate surface area is 156 Å². The maximum atomic E-state index is 12.4. The molecule has 1 saturated heterocycles. The van der Waals surface area contributed by atoms with Crippen LogP contribution in [0.4, 0.5) is 0 Å². The quantitative estimate of drug-likeness (QED) is 0.610. The Kier molecular flexibility index (Phi) is 5.08. The van der Waals surface area contributed by atoms with Gasteiger partial charge in [-0.25, -0.2) is 0 Å². The van der Waals surface area contributed by atoms with Crippen LogP contribution in [0.15, 0.2) is 58.2 Å². The van der Waals surface area contributed by atoms with E-state index in [0.717, 1.165) is 26.8 Å². The van der Waals surface area contributed by atoms with E-state index in [1.807, 2.05) is 6.07 Å². The molecule has 0 aliphatic carbocycles. The lowest BCUT2D eigenvalue weighted by Crippen LogP contribution is -2.44. The summed E-state index contributed by atoms with van der Waals surface area (Å²) in [6.07, 6.45) is 4.99. The Morgan fingerprint density at radius 1 is 1.29 bits per heavy atom. The molecule has 1 fully saturated rings. The van der Waals surface area contributed by atoms with E-state index in [0.29, 0.717) is 10.5 Å². The fourth-order valence-electron chi connectivity index (χ4n) is 1.94. The van der Waals surface area contributed by atoms with Crippen LogP contribution in [0.25, 0.3) is 6.08 Å². The van der Waals surface area contributed by atoms with Crippen molar-refractivity contribution in [2.45, 2.75) is 0 Å². The molecule has 1 aliphatic heterocycles. The minimum Gasteiger partial charge on any atom is -0.267 e. The van der Waals surface area contributed by atoms with Gasteiger partial charge in [0.25, 0.3) is 11.8 Å². The number of halogens is 1. The van der Waals surface area contributed by atoms with Gasteiger partial charge in [-0.3, -0.25) is 20.0 Å². The molecule has 3 rings (SSSR count). The molecule has 1 aromatic heterocycles. The fourth-order valence-corrected chi connectivity index (χ4v) is 3.39. The van der Waals surface area contributed by atoms with Crippen molar-refractivity contribution in [3.63, 3.8) is 0 Å². The number of aromatic nitrogens is 1. The van der Waals surface area contributed by atoms with Gasteiger partial charge in [-0.05, 0) is 54.2 Å². The van der Waals surface area contributed by atoms with Crippen LogP contribution < -0.4 is 5.43 Å². The van der Waals surface area contributed by atoms with Gasteiger partial charge in [-0.15, -0.1) is 0 Å². The first-order valence-electron chi connectivity index (χ1n) is 6.79. The maximum absolute atomic E-state index is 12.4. The number of hydrazine groups is 1. The van der Waals surface area contributed by atoms with Crippen molar-refractivity contribution in [1.82, 2.24) is 15.4 Å². The summed E-state index contributed by atoms with van der Waals surface area (Å²) in [7, 11) is 0. The number of carbonyl (C=O) groups excluding carboxylic acids is 2. The Hall–Kier alpha value is -2.03. The highest BCUT2D eigenvalue weighted by atomic mass is 79.9. The number of amides is 2. The second-order valence-corrected chi connectivity index (χ2v) is 7.34. The molecule has 0 bridgehead atoms. The van der Waals surface area contributed by atoms with E-state index in [4.69, 9.17) is 12.2 Å². The topological polar surface area (TPSA) is 62.3 Å². The molecule has 1 aliphatic rings. The highest BCUT2D eigenvalue weighted by molar-refractivity contribution is 9.10. The van der Waals surface area contributed by atoms with Gasteiger partial charge in [-0.1, -0.05) is 33.8 Å². The van der Waals surface area contributed by atoms with Gasteiger partial charge in [0.15, 0.2) is 4.32 Å². The molecule has 0 atom stereocenters. The van der Waals surface area contributed by atoms with E-state index in [2.05, 4.69) is 26.3 Å². The molecule has 2 heterocycles. The van der Waals surface area contributed by atoms with Crippen molar-refractivity contribution in [2.24, 2.45) is 0 Å². The molecule has 8 heteroatoms. The summed E-state index contributed by atoms with van der Waals surface area (Å²) in [5, 5.41) is 1.09. The molecular weight excluding hydrogens is 410 g/mol.